The number of ketones is 1. The highest BCUT2D eigenvalue weighted by atomic mass is 16.5. The molecular formula is C20H32O2. The molecule has 0 aromatic heterocycles. The molecule has 0 aromatic rings. The average molecular weight is 304 g/mol. The Morgan fingerprint density at radius 3 is 2.32 bits per heavy atom. The lowest BCUT2D eigenvalue weighted by molar-refractivity contribution is -0.249. The maximum absolute atomic E-state index is 12.4. The summed E-state index contributed by atoms with van der Waals surface area (Å²) in [5, 5.41) is 0. The van der Waals surface area contributed by atoms with Gasteiger partial charge in [0.2, 0.25) is 0 Å². The van der Waals surface area contributed by atoms with Crippen molar-refractivity contribution in [3.63, 3.8) is 0 Å². The first kappa shape index (κ1) is 16.2. The van der Waals surface area contributed by atoms with Gasteiger partial charge in [-0.05, 0) is 62.2 Å². The summed E-state index contributed by atoms with van der Waals surface area (Å²) in [6.07, 6.45) is 7.93. The van der Waals surface area contributed by atoms with Gasteiger partial charge in [-0.1, -0.05) is 26.8 Å². The lowest BCUT2D eigenvalue weighted by Crippen LogP contribution is -2.63. The Labute approximate surface area is 135 Å². The Bertz CT molecular complexity index is 508. The summed E-state index contributed by atoms with van der Waals surface area (Å²) in [6, 6.07) is 0. The number of carbonyl (C=O) groups excluding carboxylic acids is 1. The lowest BCUT2D eigenvalue weighted by atomic mass is 9.44. The fourth-order valence-corrected chi connectivity index (χ4v) is 6.44. The van der Waals surface area contributed by atoms with E-state index in [1.165, 1.54) is 6.42 Å². The number of hydrogen-bond acceptors (Lipinski definition) is 2. The van der Waals surface area contributed by atoms with Gasteiger partial charge in [0, 0.05) is 12.8 Å². The van der Waals surface area contributed by atoms with E-state index in [1.54, 1.807) is 0 Å². The average Bonchev–Trinajstić information content (AvgIpc) is 2.35. The predicted molar refractivity (Wildman–Crippen MR) is 89.7 cm³/mol. The normalized spacial score (nSPS) is 50.9. The van der Waals surface area contributed by atoms with E-state index >= 15 is 0 Å². The minimum atomic E-state index is -0.206. The summed E-state index contributed by atoms with van der Waals surface area (Å²) in [4.78, 5) is 12.4. The van der Waals surface area contributed by atoms with Crippen LogP contribution in [0.3, 0.4) is 0 Å². The highest BCUT2D eigenvalue weighted by molar-refractivity contribution is 5.81. The van der Waals surface area contributed by atoms with Crippen molar-refractivity contribution in [2.24, 2.45) is 22.7 Å². The SMILES string of the molecule is C=C[C@@]1(C)CC[C@H]2[C@@](C)(CCC3C(C)(C)CC(=O)C[C@@]32C)O1. The van der Waals surface area contributed by atoms with Crippen LogP contribution in [0.5, 0.6) is 0 Å². The molecule has 124 valence electrons. The van der Waals surface area contributed by atoms with Crippen LogP contribution in [-0.4, -0.2) is 17.0 Å². The van der Waals surface area contributed by atoms with Gasteiger partial charge in [0.25, 0.3) is 0 Å². The molecule has 0 bridgehead atoms. The van der Waals surface area contributed by atoms with Crippen molar-refractivity contribution in [3.05, 3.63) is 12.7 Å². The predicted octanol–water partition coefficient (Wildman–Crippen LogP) is 4.92. The van der Waals surface area contributed by atoms with E-state index in [0.717, 1.165) is 32.1 Å². The van der Waals surface area contributed by atoms with Crippen LogP contribution in [0.15, 0.2) is 12.7 Å². The molecule has 3 rings (SSSR count). The van der Waals surface area contributed by atoms with Gasteiger partial charge in [-0.15, -0.1) is 6.58 Å². The molecular weight excluding hydrogens is 272 g/mol. The molecule has 1 saturated heterocycles. The van der Waals surface area contributed by atoms with E-state index in [0.29, 0.717) is 17.6 Å². The lowest BCUT2D eigenvalue weighted by Gasteiger charge is -2.64. The molecule has 0 aromatic carbocycles. The molecule has 22 heavy (non-hydrogen) atoms. The van der Waals surface area contributed by atoms with Gasteiger partial charge in [-0.2, -0.15) is 0 Å². The molecule has 5 atom stereocenters. The molecule has 3 aliphatic rings. The van der Waals surface area contributed by atoms with Gasteiger partial charge < -0.3 is 4.74 Å². The number of fused-ring (bicyclic) bond motifs is 3. The smallest absolute Gasteiger partial charge is 0.134 e. The Kier molecular flexibility index (Phi) is 3.46. The van der Waals surface area contributed by atoms with Crippen molar-refractivity contribution in [3.8, 4) is 0 Å². The highest BCUT2D eigenvalue weighted by Gasteiger charge is 2.62. The topological polar surface area (TPSA) is 26.3 Å². The third kappa shape index (κ3) is 2.21. The monoisotopic (exact) mass is 304 g/mol. The van der Waals surface area contributed by atoms with E-state index in [9.17, 15) is 4.79 Å². The molecule has 2 saturated carbocycles. The first-order valence-corrected chi connectivity index (χ1v) is 8.90. The molecule has 2 aliphatic carbocycles. The molecule has 0 amide bonds. The van der Waals surface area contributed by atoms with Gasteiger partial charge in [-0.3, -0.25) is 4.79 Å². The van der Waals surface area contributed by atoms with Crippen LogP contribution < -0.4 is 0 Å². The number of ether oxygens (including phenoxy) is 1. The van der Waals surface area contributed by atoms with E-state index < -0.39 is 0 Å². The standard InChI is InChI=1S/C20H32O2/c1-7-18(4)10-8-16-19(5)13-14(21)12-17(2,3)15(19)9-11-20(16,6)22-18/h7,15-16H,1,8-13H2,2-6H3/t15?,16-,18+,19+,20-/m1/s1. The third-order valence-electron chi connectivity index (χ3n) is 7.26. The molecule has 0 N–H and O–H groups in total. The summed E-state index contributed by atoms with van der Waals surface area (Å²) in [7, 11) is 0. The van der Waals surface area contributed by atoms with Crippen LogP contribution in [0.1, 0.15) is 73.1 Å². The Balaban J connectivity index is 1.98. The summed E-state index contributed by atoms with van der Waals surface area (Å²) in [5.74, 6) is 1.56. The van der Waals surface area contributed by atoms with Crippen molar-refractivity contribution >= 4 is 5.78 Å². The van der Waals surface area contributed by atoms with Crippen molar-refractivity contribution in [1.29, 1.82) is 0 Å². The van der Waals surface area contributed by atoms with Crippen LogP contribution in [0.4, 0.5) is 0 Å². The van der Waals surface area contributed by atoms with Crippen LogP contribution in [-0.2, 0) is 9.53 Å². The van der Waals surface area contributed by atoms with E-state index in [-0.39, 0.29) is 22.0 Å². The summed E-state index contributed by atoms with van der Waals surface area (Å²) >= 11 is 0. The van der Waals surface area contributed by atoms with Gasteiger partial charge in [0.05, 0.1) is 11.2 Å². The maximum Gasteiger partial charge on any atom is 0.134 e. The van der Waals surface area contributed by atoms with Crippen molar-refractivity contribution in [1.82, 2.24) is 0 Å². The number of Topliss-reactive ketones (excluding diaryl/α,β-unsaturated/α-hetero) is 1. The fourth-order valence-electron chi connectivity index (χ4n) is 6.44. The third-order valence-corrected chi connectivity index (χ3v) is 7.26. The molecule has 1 aliphatic heterocycles. The van der Waals surface area contributed by atoms with Crippen LogP contribution in [0, 0.1) is 22.7 Å². The summed E-state index contributed by atoms with van der Waals surface area (Å²) < 4.78 is 6.60. The van der Waals surface area contributed by atoms with Crippen LogP contribution >= 0.6 is 0 Å². The number of carbonyl (C=O) groups is 1. The Morgan fingerprint density at radius 2 is 1.68 bits per heavy atom. The summed E-state index contributed by atoms with van der Waals surface area (Å²) in [5.41, 5.74) is -0.0955. The molecule has 0 radical (unpaired) electrons. The molecule has 0 spiro atoms. The van der Waals surface area contributed by atoms with E-state index in [2.05, 4.69) is 41.2 Å². The van der Waals surface area contributed by atoms with Crippen LogP contribution in [0.25, 0.3) is 0 Å². The van der Waals surface area contributed by atoms with E-state index in [4.69, 9.17) is 4.74 Å². The first-order chi connectivity index (χ1) is 10.0. The number of rotatable bonds is 1. The quantitative estimate of drug-likeness (QED) is 0.643. The maximum atomic E-state index is 12.4. The van der Waals surface area contributed by atoms with Crippen molar-refractivity contribution in [2.45, 2.75) is 84.3 Å². The first-order valence-electron chi connectivity index (χ1n) is 8.90. The molecule has 3 fully saturated rings. The Morgan fingerprint density at radius 1 is 1.05 bits per heavy atom. The highest BCUT2D eigenvalue weighted by Crippen LogP contribution is 2.64. The van der Waals surface area contributed by atoms with Crippen molar-refractivity contribution in [2.75, 3.05) is 0 Å². The molecule has 1 unspecified atom stereocenters. The second kappa shape index (κ2) is 4.69. The minimum absolute atomic E-state index is 0.0916. The molecule has 2 nitrogen and oxygen atoms in total. The number of hydrogen-bond donors (Lipinski definition) is 0. The Hall–Kier alpha value is -0.630. The molecule has 2 heteroatoms. The largest absolute Gasteiger partial charge is 0.365 e. The van der Waals surface area contributed by atoms with Gasteiger partial charge in [0.15, 0.2) is 0 Å². The van der Waals surface area contributed by atoms with Gasteiger partial charge in [0.1, 0.15) is 5.78 Å². The second-order valence-electron chi connectivity index (χ2n) is 9.50. The minimum Gasteiger partial charge on any atom is -0.365 e. The van der Waals surface area contributed by atoms with Crippen LogP contribution in [0.2, 0.25) is 0 Å². The van der Waals surface area contributed by atoms with Gasteiger partial charge in [-0.25, -0.2) is 0 Å². The molecule has 1 heterocycles. The summed E-state index contributed by atoms with van der Waals surface area (Å²) in [6.45, 7) is 15.4. The van der Waals surface area contributed by atoms with Crippen molar-refractivity contribution < 1.29 is 9.53 Å². The van der Waals surface area contributed by atoms with E-state index in [1.807, 2.05) is 6.08 Å². The zero-order valence-corrected chi connectivity index (χ0v) is 15.0. The zero-order valence-electron chi connectivity index (χ0n) is 15.0. The van der Waals surface area contributed by atoms with Gasteiger partial charge >= 0.3 is 0 Å². The second-order valence-corrected chi connectivity index (χ2v) is 9.50. The zero-order chi connectivity index (χ0) is 16.4. The fraction of sp³-hybridized carbons (Fsp3) is 0.850.